The van der Waals surface area contributed by atoms with Crippen molar-refractivity contribution in [2.75, 3.05) is 38.1 Å². The van der Waals surface area contributed by atoms with Gasteiger partial charge in [-0.3, -0.25) is 4.90 Å². The molecule has 0 radical (unpaired) electrons. The molecule has 11 heteroatoms. The van der Waals surface area contributed by atoms with E-state index in [1.165, 1.54) is 6.07 Å². The Morgan fingerprint density at radius 3 is 2.65 bits per heavy atom. The van der Waals surface area contributed by atoms with Crippen molar-refractivity contribution in [2.24, 2.45) is 0 Å². The van der Waals surface area contributed by atoms with Gasteiger partial charge in [-0.15, -0.1) is 0 Å². The Morgan fingerprint density at radius 2 is 1.91 bits per heavy atom. The first-order valence-electron chi connectivity index (χ1n) is 16.3. The number of urea groups is 1. The zero-order valence-electron chi connectivity index (χ0n) is 26.2. The number of aliphatic hydroxyl groups excluding tert-OH is 1. The molecule has 3 aliphatic rings. The van der Waals surface area contributed by atoms with Gasteiger partial charge in [-0.05, 0) is 81.6 Å². The van der Waals surface area contributed by atoms with Gasteiger partial charge in [0.2, 0.25) is 5.88 Å². The molecule has 2 atom stereocenters. The molecule has 2 amide bonds. The van der Waals surface area contributed by atoms with Gasteiger partial charge < -0.3 is 29.4 Å². The van der Waals surface area contributed by atoms with E-state index in [4.69, 9.17) is 19.4 Å². The molecule has 4 aromatic rings. The van der Waals surface area contributed by atoms with Crippen molar-refractivity contribution in [1.29, 1.82) is 0 Å². The Bertz CT molecular complexity index is 1700. The third kappa shape index (κ3) is 6.86. The quantitative estimate of drug-likeness (QED) is 0.262. The summed E-state index contributed by atoms with van der Waals surface area (Å²) in [6.45, 7) is 7.02. The van der Waals surface area contributed by atoms with Crippen molar-refractivity contribution >= 4 is 22.8 Å². The number of ether oxygens (including phenoxy) is 2. The number of carbonyl (C=O) groups excluding carboxylic acids is 1. The first-order chi connectivity index (χ1) is 22.4. The van der Waals surface area contributed by atoms with E-state index in [9.17, 15) is 14.3 Å². The highest BCUT2D eigenvalue weighted by molar-refractivity contribution is 5.92. The zero-order chi connectivity index (χ0) is 31.6. The SMILES string of the molecule is Cc1ccc(COc2cccc(C3CCN(Cc4nc5cc(NC(=O)N6CCC(O)C6)ccc5n4CC4CCO4)CC3)n2)c(F)c1. The molecule has 7 rings (SSSR count). The van der Waals surface area contributed by atoms with Crippen LogP contribution in [-0.2, 0) is 24.4 Å². The van der Waals surface area contributed by atoms with Gasteiger partial charge >= 0.3 is 6.03 Å². The largest absolute Gasteiger partial charge is 0.473 e. The fourth-order valence-corrected chi connectivity index (χ4v) is 6.59. The predicted molar refractivity (Wildman–Crippen MR) is 172 cm³/mol. The number of aryl methyl sites for hydroxylation is 1. The number of aliphatic hydroxyl groups is 1. The summed E-state index contributed by atoms with van der Waals surface area (Å²) >= 11 is 0. The van der Waals surface area contributed by atoms with Crippen molar-refractivity contribution in [3.8, 4) is 5.88 Å². The summed E-state index contributed by atoms with van der Waals surface area (Å²) in [6, 6.07) is 16.7. The van der Waals surface area contributed by atoms with Gasteiger partial charge in [0.05, 0.1) is 36.3 Å². The molecule has 10 nitrogen and oxygen atoms in total. The fraction of sp³-hybridized carbons (Fsp3) is 0.457. The van der Waals surface area contributed by atoms with E-state index in [1.807, 2.05) is 43.3 Å². The van der Waals surface area contributed by atoms with Crippen LogP contribution in [0.1, 0.15) is 54.2 Å². The fourth-order valence-electron chi connectivity index (χ4n) is 6.59. The average molecular weight is 629 g/mol. The summed E-state index contributed by atoms with van der Waals surface area (Å²) in [5.41, 5.74) is 4.97. The highest BCUT2D eigenvalue weighted by Gasteiger charge is 2.27. The minimum atomic E-state index is -0.456. The Hall–Kier alpha value is -4.06. The Balaban J connectivity index is 0.997. The van der Waals surface area contributed by atoms with E-state index >= 15 is 0 Å². The molecule has 2 unspecified atom stereocenters. The lowest BCUT2D eigenvalue weighted by atomic mass is 9.93. The van der Waals surface area contributed by atoms with Gasteiger partial charge in [0.25, 0.3) is 0 Å². The molecule has 242 valence electrons. The van der Waals surface area contributed by atoms with Gasteiger partial charge in [0, 0.05) is 48.6 Å². The van der Waals surface area contributed by atoms with Crippen LogP contribution in [0.5, 0.6) is 5.88 Å². The van der Waals surface area contributed by atoms with E-state index < -0.39 is 6.10 Å². The molecule has 2 aromatic carbocycles. The van der Waals surface area contributed by atoms with Crippen LogP contribution in [0.15, 0.2) is 54.6 Å². The molecule has 5 heterocycles. The number of likely N-dealkylation sites (tertiary alicyclic amines) is 2. The summed E-state index contributed by atoms with van der Waals surface area (Å²) in [7, 11) is 0. The molecule has 3 saturated heterocycles. The number of aromatic nitrogens is 3. The maximum atomic E-state index is 14.3. The number of imidazole rings is 1. The van der Waals surface area contributed by atoms with Crippen LogP contribution in [0.25, 0.3) is 11.0 Å². The number of pyridine rings is 1. The standard InChI is InChI=1S/C35H41FN6O4/c1-23-5-6-25(29(36)17-23)22-46-34-4-2-3-30(39-34)24-9-13-40(14-10-24)21-33-38-31-18-26(37-35(44)41-15-11-27(43)19-41)7-8-32(31)42(33)20-28-12-16-45-28/h2-8,17-18,24,27-28,43H,9-16,19-22H2,1H3,(H,37,44). The number of fused-ring (bicyclic) bond motifs is 1. The molecule has 0 aliphatic carbocycles. The number of benzene rings is 2. The number of β-amino-alcohol motifs (C(OH)–C–C–N with tert-alkyl or cyclic N) is 1. The third-order valence-corrected chi connectivity index (χ3v) is 9.41. The van der Waals surface area contributed by atoms with Crippen molar-refractivity contribution in [3.63, 3.8) is 0 Å². The zero-order valence-corrected chi connectivity index (χ0v) is 26.2. The van der Waals surface area contributed by atoms with Crippen molar-refractivity contribution in [2.45, 2.75) is 70.4 Å². The lowest BCUT2D eigenvalue weighted by molar-refractivity contribution is -0.0592. The van der Waals surface area contributed by atoms with Crippen LogP contribution in [0.4, 0.5) is 14.9 Å². The number of nitrogens with zero attached hydrogens (tertiary/aromatic N) is 5. The number of nitrogens with one attached hydrogen (secondary N) is 1. The molecule has 0 spiro atoms. The van der Waals surface area contributed by atoms with Gasteiger partial charge in [-0.25, -0.2) is 19.2 Å². The molecular weight excluding hydrogens is 587 g/mol. The monoisotopic (exact) mass is 628 g/mol. The lowest BCUT2D eigenvalue weighted by Gasteiger charge is -2.32. The van der Waals surface area contributed by atoms with E-state index in [0.29, 0.717) is 42.6 Å². The molecule has 0 saturated carbocycles. The van der Waals surface area contributed by atoms with Crippen LogP contribution < -0.4 is 10.1 Å². The molecule has 3 fully saturated rings. The van der Waals surface area contributed by atoms with Crippen molar-refractivity contribution < 1.29 is 23.8 Å². The van der Waals surface area contributed by atoms with Gasteiger partial charge in [-0.2, -0.15) is 0 Å². The van der Waals surface area contributed by atoms with Gasteiger partial charge in [0.1, 0.15) is 18.2 Å². The average Bonchev–Trinajstić information content (AvgIpc) is 3.61. The number of piperidine rings is 1. The van der Waals surface area contributed by atoms with E-state index in [0.717, 1.165) is 80.2 Å². The van der Waals surface area contributed by atoms with Crippen LogP contribution in [-0.4, -0.2) is 80.5 Å². The molecule has 2 N–H and O–H groups in total. The summed E-state index contributed by atoms with van der Waals surface area (Å²) in [5, 5.41) is 12.8. The number of halogens is 1. The highest BCUT2D eigenvalue weighted by atomic mass is 19.1. The first kappa shape index (κ1) is 30.6. The molecule has 2 aromatic heterocycles. The number of hydrogen-bond donors (Lipinski definition) is 2. The van der Waals surface area contributed by atoms with E-state index in [-0.39, 0.29) is 24.6 Å². The Kier molecular flexibility index (Phi) is 8.88. The van der Waals surface area contributed by atoms with Crippen LogP contribution >= 0.6 is 0 Å². The number of hydrogen-bond acceptors (Lipinski definition) is 7. The van der Waals surface area contributed by atoms with E-state index in [2.05, 4.69) is 20.9 Å². The smallest absolute Gasteiger partial charge is 0.321 e. The topological polar surface area (TPSA) is 105 Å². The Morgan fingerprint density at radius 1 is 1.07 bits per heavy atom. The van der Waals surface area contributed by atoms with Gasteiger partial charge in [0.15, 0.2) is 0 Å². The minimum absolute atomic E-state index is 0.143. The van der Waals surface area contributed by atoms with Gasteiger partial charge in [-0.1, -0.05) is 18.2 Å². The lowest BCUT2D eigenvalue weighted by Crippen LogP contribution is -2.35. The molecular formula is C35H41FN6O4. The third-order valence-electron chi connectivity index (χ3n) is 9.41. The summed E-state index contributed by atoms with van der Waals surface area (Å²) in [6.07, 6.45) is 3.31. The number of amides is 2. The molecule has 0 bridgehead atoms. The van der Waals surface area contributed by atoms with E-state index in [1.54, 1.807) is 11.0 Å². The Labute approximate surface area is 268 Å². The summed E-state index contributed by atoms with van der Waals surface area (Å²) in [4.78, 5) is 26.6. The maximum Gasteiger partial charge on any atom is 0.321 e. The van der Waals surface area contributed by atoms with Crippen molar-refractivity contribution in [3.05, 3.63) is 83.1 Å². The minimum Gasteiger partial charge on any atom is -0.473 e. The number of carbonyl (C=O) groups is 1. The van der Waals surface area contributed by atoms with Crippen molar-refractivity contribution in [1.82, 2.24) is 24.3 Å². The summed E-state index contributed by atoms with van der Waals surface area (Å²) in [5.74, 6) is 1.57. The van der Waals surface area contributed by atoms with Crippen LogP contribution in [0.2, 0.25) is 0 Å². The first-order valence-corrected chi connectivity index (χ1v) is 16.3. The summed E-state index contributed by atoms with van der Waals surface area (Å²) < 4.78 is 28.2. The highest BCUT2D eigenvalue weighted by Crippen LogP contribution is 2.30. The second-order valence-corrected chi connectivity index (χ2v) is 12.8. The second kappa shape index (κ2) is 13.4. The maximum absolute atomic E-state index is 14.3. The number of anilines is 1. The molecule has 3 aliphatic heterocycles. The van der Waals surface area contributed by atoms with Crippen LogP contribution in [0.3, 0.4) is 0 Å². The normalized spacial score (nSPS) is 20.6. The number of rotatable bonds is 9. The second-order valence-electron chi connectivity index (χ2n) is 12.8. The van der Waals surface area contributed by atoms with Crippen LogP contribution in [0, 0.1) is 12.7 Å². The molecule has 46 heavy (non-hydrogen) atoms. The predicted octanol–water partition coefficient (Wildman–Crippen LogP) is 5.22.